The molecule has 8 nitrogen and oxygen atoms in total. The number of carboxylic acid groups (broad SMARTS) is 1. The molecule has 1 amide bonds. The van der Waals surface area contributed by atoms with Crippen LogP contribution in [-0.2, 0) is 9.53 Å². The maximum atomic E-state index is 12.9. The highest BCUT2D eigenvalue weighted by molar-refractivity contribution is 5.80. The van der Waals surface area contributed by atoms with Crippen LogP contribution in [0, 0.1) is 5.82 Å². The molecule has 9 heteroatoms. The van der Waals surface area contributed by atoms with Crippen molar-refractivity contribution >= 4 is 23.6 Å². The third-order valence-electron chi connectivity index (χ3n) is 2.35. The average molecular weight is 314 g/mol. The van der Waals surface area contributed by atoms with Crippen LogP contribution in [0.25, 0.3) is 0 Å². The van der Waals surface area contributed by atoms with Crippen molar-refractivity contribution in [2.45, 2.75) is 32.4 Å². The van der Waals surface area contributed by atoms with Gasteiger partial charge in [-0.1, -0.05) is 0 Å². The van der Waals surface area contributed by atoms with Crippen molar-refractivity contribution in [1.82, 2.24) is 10.3 Å². The minimum absolute atomic E-state index is 0.0291. The first-order chi connectivity index (χ1) is 10.1. The van der Waals surface area contributed by atoms with E-state index < -0.39 is 29.5 Å². The third-order valence-corrected chi connectivity index (χ3v) is 2.35. The molecule has 1 aromatic heterocycles. The van der Waals surface area contributed by atoms with Gasteiger partial charge in [0.2, 0.25) is 0 Å². The highest BCUT2D eigenvalue weighted by Gasteiger charge is 2.24. The van der Waals surface area contributed by atoms with Crippen molar-refractivity contribution in [2.24, 2.45) is 0 Å². The molecule has 0 aliphatic heterocycles. The summed E-state index contributed by atoms with van der Waals surface area (Å²) < 4.78 is 17.8. The van der Waals surface area contributed by atoms with Gasteiger partial charge < -0.3 is 26.2 Å². The molecule has 22 heavy (non-hydrogen) atoms. The van der Waals surface area contributed by atoms with E-state index in [1.165, 1.54) is 0 Å². The Morgan fingerprint density at radius 1 is 1.50 bits per heavy atom. The summed E-state index contributed by atoms with van der Waals surface area (Å²) in [5, 5.41) is 13.9. The fourth-order valence-corrected chi connectivity index (χ4v) is 1.45. The summed E-state index contributed by atoms with van der Waals surface area (Å²) >= 11 is 0. The Morgan fingerprint density at radius 3 is 2.64 bits per heavy atom. The van der Waals surface area contributed by atoms with Crippen LogP contribution in [0.5, 0.6) is 0 Å². The summed E-state index contributed by atoms with van der Waals surface area (Å²) in [6, 6.07) is -0.215. The zero-order valence-corrected chi connectivity index (χ0v) is 12.5. The molecule has 122 valence electrons. The zero-order valence-electron chi connectivity index (χ0n) is 12.5. The molecule has 0 unspecified atom stereocenters. The Labute approximate surface area is 126 Å². The molecule has 0 fully saturated rings. The number of pyridine rings is 1. The van der Waals surface area contributed by atoms with Gasteiger partial charge in [0, 0.05) is 12.6 Å². The predicted octanol–water partition coefficient (Wildman–Crippen LogP) is 1.19. The summed E-state index contributed by atoms with van der Waals surface area (Å²) in [5.41, 5.74) is 4.83. The monoisotopic (exact) mass is 314 g/mol. The number of halogens is 1. The Hall–Kier alpha value is -2.58. The van der Waals surface area contributed by atoms with Crippen molar-refractivity contribution in [1.29, 1.82) is 0 Å². The minimum Gasteiger partial charge on any atom is -0.480 e. The molecule has 0 bridgehead atoms. The van der Waals surface area contributed by atoms with E-state index in [1.54, 1.807) is 20.8 Å². The number of carbonyl (C=O) groups excluding carboxylic acids is 1. The minimum atomic E-state index is -1.26. The second kappa shape index (κ2) is 6.92. The van der Waals surface area contributed by atoms with E-state index in [9.17, 15) is 14.0 Å². The molecule has 0 aliphatic rings. The summed E-state index contributed by atoms with van der Waals surface area (Å²) in [5.74, 6) is -1.75. The van der Waals surface area contributed by atoms with Gasteiger partial charge in [-0.25, -0.2) is 19.0 Å². The van der Waals surface area contributed by atoms with Crippen LogP contribution >= 0.6 is 0 Å². The molecule has 0 saturated carbocycles. The number of alkyl carbamates (subject to hydrolysis) is 1. The normalized spacial score (nSPS) is 12.4. The molecule has 0 radical (unpaired) electrons. The quantitative estimate of drug-likeness (QED) is 0.643. The number of nitrogen functional groups attached to an aromatic ring is 1. The van der Waals surface area contributed by atoms with E-state index in [4.69, 9.17) is 15.6 Å². The van der Waals surface area contributed by atoms with E-state index in [-0.39, 0.29) is 18.1 Å². The third kappa shape index (κ3) is 5.81. The van der Waals surface area contributed by atoms with Gasteiger partial charge in [-0.05, 0) is 20.8 Å². The standard InChI is InChI=1S/C13H19FN4O4/c1-13(2,3)22-12(21)18-9(11(19)20)6-17-10-8(15)4-7(14)5-16-10/h4-5,9H,6,15H2,1-3H3,(H,16,17)(H,18,21)(H,19,20)/t9-/m0/s1. The van der Waals surface area contributed by atoms with Crippen LogP contribution in [0.1, 0.15) is 20.8 Å². The summed E-state index contributed by atoms with van der Waals surface area (Å²) in [6.07, 6.45) is 0.0807. The van der Waals surface area contributed by atoms with Gasteiger partial charge in [0.1, 0.15) is 23.3 Å². The van der Waals surface area contributed by atoms with Crippen molar-refractivity contribution in [2.75, 3.05) is 17.6 Å². The molecule has 1 heterocycles. The highest BCUT2D eigenvalue weighted by Crippen LogP contribution is 2.15. The number of ether oxygens (including phenoxy) is 1. The van der Waals surface area contributed by atoms with Crippen LogP contribution in [0.15, 0.2) is 12.3 Å². The van der Waals surface area contributed by atoms with Gasteiger partial charge in [-0.15, -0.1) is 0 Å². The molecular weight excluding hydrogens is 295 g/mol. The van der Waals surface area contributed by atoms with E-state index in [0.717, 1.165) is 12.3 Å². The first-order valence-electron chi connectivity index (χ1n) is 6.45. The fourth-order valence-electron chi connectivity index (χ4n) is 1.45. The van der Waals surface area contributed by atoms with E-state index in [1.807, 2.05) is 0 Å². The Bertz CT molecular complexity index is 559. The average Bonchev–Trinajstić information content (AvgIpc) is 2.33. The van der Waals surface area contributed by atoms with Gasteiger partial charge in [0.25, 0.3) is 0 Å². The second-order valence-electron chi connectivity index (χ2n) is 5.51. The molecule has 0 spiro atoms. The Morgan fingerprint density at radius 2 is 2.14 bits per heavy atom. The number of anilines is 2. The van der Waals surface area contributed by atoms with Gasteiger partial charge in [0.15, 0.2) is 0 Å². The van der Waals surface area contributed by atoms with Crippen molar-refractivity contribution in [3.63, 3.8) is 0 Å². The molecule has 0 aliphatic carbocycles. The maximum Gasteiger partial charge on any atom is 0.408 e. The number of carboxylic acids is 1. The number of carbonyl (C=O) groups is 2. The number of aliphatic carboxylic acids is 1. The van der Waals surface area contributed by atoms with Gasteiger partial charge >= 0.3 is 12.1 Å². The van der Waals surface area contributed by atoms with Gasteiger partial charge in [0.05, 0.1) is 11.9 Å². The van der Waals surface area contributed by atoms with Gasteiger partial charge in [-0.3, -0.25) is 0 Å². The predicted molar refractivity (Wildman–Crippen MR) is 77.9 cm³/mol. The molecule has 1 atom stereocenters. The lowest BCUT2D eigenvalue weighted by molar-refractivity contribution is -0.139. The Kier molecular flexibility index (Phi) is 5.50. The number of nitrogens with zero attached hydrogens (tertiary/aromatic N) is 1. The molecule has 0 aromatic carbocycles. The molecule has 0 saturated heterocycles. The number of nitrogens with one attached hydrogen (secondary N) is 2. The summed E-state index contributed by atoms with van der Waals surface area (Å²) in [7, 11) is 0. The lowest BCUT2D eigenvalue weighted by Crippen LogP contribution is -2.47. The lowest BCUT2D eigenvalue weighted by atomic mass is 10.2. The number of amides is 1. The van der Waals surface area contributed by atoms with E-state index in [2.05, 4.69) is 15.6 Å². The van der Waals surface area contributed by atoms with Crippen LogP contribution in [-0.4, -0.2) is 40.3 Å². The first kappa shape index (κ1) is 17.5. The van der Waals surface area contributed by atoms with Crippen molar-refractivity contribution in [3.8, 4) is 0 Å². The fraction of sp³-hybridized carbons (Fsp3) is 0.462. The molecule has 1 aromatic rings. The van der Waals surface area contributed by atoms with Gasteiger partial charge in [-0.2, -0.15) is 0 Å². The topological polar surface area (TPSA) is 127 Å². The van der Waals surface area contributed by atoms with Crippen LogP contribution in [0.2, 0.25) is 0 Å². The largest absolute Gasteiger partial charge is 0.480 e. The van der Waals surface area contributed by atoms with Crippen LogP contribution in [0.4, 0.5) is 20.7 Å². The Balaban J connectivity index is 2.65. The smallest absolute Gasteiger partial charge is 0.408 e. The maximum absolute atomic E-state index is 12.9. The van der Waals surface area contributed by atoms with Crippen molar-refractivity contribution < 1.29 is 23.8 Å². The van der Waals surface area contributed by atoms with Crippen LogP contribution in [0.3, 0.4) is 0 Å². The second-order valence-corrected chi connectivity index (χ2v) is 5.51. The number of rotatable bonds is 5. The first-order valence-corrected chi connectivity index (χ1v) is 6.45. The van der Waals surface area contributed by atoms with E-state index >= 15 is 0 Å². The molecule has 1 rings (SSSR count). The zero-order chi connectivity index (χ0) is 16.9. The SMILES string of the molecule is CC(C)(C)OC(=O)N[C@@H](CNc1ncc(F)cc1N)C(=O)O. The number of hydrogen-bond donors (Lipinski definition) is 4. The van der Waals surface area contributed by atoms with Crippen molar-refractivity contribution in [3.05, 3.63) is 18.1 Å². The summed E-state index contributed by atoms with van der Waals surface area (Å²) in [4.78, 5) is 26.4. The molecule has 5 N–H and O–H groups in total. The number of hydrogen-bond acceptors (Lipinski definition) is 6. The highest BCUT2D eigenvalue weighted by atomic mass is 19.1. The number of nitrogens with two attached hydrogens (primary N) is 1. The van der Waals surface area contributed by atoms with Crippen LogP contribution < -0.4 is 16.4 Å². The molecular formula is C13H19FN4O4. The lowest BCUT2D eigenvalue weighted by Gasteiger charge is -2.22. The number of aromatic nitrogens is 1. The van der Waals surface area contributed by atoms with E-state index in [0.29, 0.717) is 0 Å². The summed E-state index contributed by atoms with van der Waals surface area (Å²) in [6.45, 7) is 4.77.